The summed E-state index contributed by atoms with van der Waals surface area (Å²) >= 11 is 5.79. The summed E-state index contributed by atoms with van der Waals surface area (Å²) in [5, 5.41) is 0.0300. The number of para-hydroxylation sites is 2. The molecule has 0 amide bonds. The van der Waals surface area contributed by atoms with E-state index in [0.717, 1.165) is 11.0 Å². The average Bonchev–Trinajstić information content (AvgIpc) is 2.19. The van der Waals surface area contributed by atoms with Gasteiger partial charge in [-0.15, -0.1) is 0 Å². The summed E-state index contributed by atoms with van der Waals surface area (Å²) in [4.78, 5) is 15.8. The van der Waals surface area contributed by atoms with Crippen LogP contribution in [0.15, 0.2) is 29.1 Å². The first-order valence-electron chi connectivity index (χ1n) is 4.78. The fraction of sp³-hybridized carbons (Fsp3) is 0.273. The first kappa shape index (κ1) is 10.2. The maximum absolute atomic E-state index is 11.8. The molecule has 1 aromatic heterocycles. The standard InChI is InChI=1S/C11H11ClN2O/c1-7(2)14-9-6-4-3-5-8(9)13-10(12)11(14)15/h3-7H,1-2H3. The molecule has 0 aliphatic rings. The number of aromatic nitrogens is 2. The lowest BCUT2D eigenvalue weighted by molar-refractivity contribution is 0.598. The number of nitrogens with zero attached hydrogens (tertiary/aromatic N) is 2. The van der Waals surface area contributed by atoms with Crippen molar-refractivity contribution in [1.29, 1.82) is 0 Å². The van der Waals surface area contributed by atoms with E-state index in [1.807, 2.05) is 38.1 Å². The zero-order chi connectivity index (χ0) is 11.0. The van der Waals surface area contributed by atoms with Crippen molar-refractivity contribution < 1.29 is 0 Å². The zero-order valence-corrected chi connectivity index (χ0v) is 9.32. The average molecular weight is 223 g/mol. The number of rotatable bonds is 1. The third kappa shape index (κ3) is 1.63. The molecule has 1 heterocycles. The molecule has 1 aromatic carbocycles. The predicted octanol–water partition coefficient (Wildman–Crippen LogP) is 2.63. The lowest BCUT2D eigenvalue weighted by atomic mass is 10.2. The Kier molecular flexibility index (Phi) is 2.49. The fourth-order valence-electron chi connectivity index (χ4n) is 1.64. The zero-order valence-electron chi connectivity index (χ0n) is 8.57. The second-order valence-electron chi connectivity index (χ2n) is 3.66. The first-order valence-corrected chi connectivity index (χ1v) is 5.16. The fourth-order valence-corrected chi connectivity index (χ4v) is 1.82. The van der Waals surface area contributed by atoms with Gasteiger partial charge < -0.3 is 4.57 Å². The molecule has 0 N–H and O–H groups in total. The van der Waals surface area contributed by atoms with Crippen LogP contribution in [0.5, 0.6) is 0 Å². The molecule has 0 aliphatic heterocycles. The van der Waals surface area contributed by atoms with E-state index < -0.39 is 0 Å². The molecule has 0 bridgehead atoms. The minimum Gasteiger partial charge on any atom is -0.302 e. The molecule has 15 heavy (non-hydrogen) atoms. The van der Waals surface area contributed by atoms with Gasteiger partial charge in [0, 0.05) is 6.04 Å². The molecule has 0 atom stereocenters. The summed E-state index contributed by atoms with van der Waals surface area (Å²) in [5.41, 5.74) is 1.34. The molecule has 0 radical (unpaired) electrons. The summed E-state index contributed by atoms with van der Waals surface area (Å²) in [5.74, 6) is 0. The van der Waals surface area contributed by atoms with E-state index in [1.54, 1.807) is 4.57 Å². The molecule has 0 spiro atoms. The lowest BCUT2D eigenvalue weighted by Crippen LogP contribution is -2.23. The maximum Gasteiger partial charge on any atom is 0.288 e. The molecular formula is C11H11ClN2O. The molecule has 3 nitrogen and oxygen atoms in total. The SMILES string of the molecule is CC(C)n1c(=O)c(Cl)nc2ccccc21. The highest BCUT2D eigenvalue weighted by atomic mass is 35.5. The smallest absolute Gasteiger partial charge is 0.288 e. The summed E-state index contributed by atoms with van der Waals surface area (Å²) in [6.45, 7) is 3.90. The van der Waals surface area contributed by atoms with Crippen LogP contribution in [0, 0.1) is 0 Å². The van der Waals surface area contributed by atoms with Gasteiger partial charge in [-0.3, -0.25) is 4.79 Å². The van der Waals surface area contributed by atoms with Crippen molar-refractivity contribution in [2.45, 2.75) is 19.9 Å². The highest BCUT2D eigenvalue weighted by molar-refractivity contribution is 6.29. The normalized spacial score (nSPS) is 11.2. The Morgan fingerprint density at radius 3 is 2.67 bits per heavy atom. The van der Waals surface area contributed by atoms with Gasteiger partial charge in [-0.1, -0.05) is 23.7 Å². The van der Waals surface area contributed by atoms with Crippen molar-refractivity contribution >= 4 is 22.6 Å². The third-order valence-corrected chi connectivity index (χ3v) is 2.52. The van der Waals surface area contributed by atoms with Crippen molar-refractivity contribution in [2.75, 3.05) is 0 Å². The van der Waals surface area contributed by atoms with Crippen LogP contribution in [0.1, 0.15) is 19.9 Å². The summed E-state index contributed by atoms with van der Waals surface area (Å²) in [6.07, 6.45) is 0. The van der Waals surface area contributed by atoms with Crippen molar-refractivity contribution in [2.24, 2.45) is 0 Å². The van der Waals surface area contributed by atoms with Crippen LogP contribution in [0.2, 0.25) is 5.15 Å². The van der Waals surface area contributed by atoms with Gasteiger partial charge in [-0.05, 0) is 26.0 Å². The van der Waals surface area contributed by atoms with Gasteiger partial charge in [0.25, 0.3) is 5.56 Å². The Labute approximate surface area is 92.3 Å². The molecule has 0 saturated carbocycles. The van der Waals surface area contributed by atoms with Crippen LogP contribution >= 0.6 is 11.6 Å². The van der Waals surface area contributed by atoms with Gasteiger partial charge in [0.05, 0.1) is 11.0 Å². The number of halogens is 1. The number of hydrogen-bond acceptors (Lipinski definition) is 2. The van der Waals surface area contributed by atoms with Gasteiger partial charge in [-0.25, -0.2) is 4.98 Å². The van der Waals surface area contributed by atoms with Crippen LogP contribution in [-0.2, 0) is 0 Å². The van der Waals surface area contributed by atoms with Crippen molar-refractivity contribution in [3.63, 3.8) is 0 Å². The number of fused-ring (bicyclic) bond motifs is 1. The van der Waals surface area contributed by atoms with E-state index in [-0.39, 0.29) is 16.8 Å². The molecule has 0 aliphatic carbocycles. The second-order valence-corrected chi connectivity index (χ2v) is 4.02. The molecule has 2 rings (SSSR count). The highest BCUT2D eigenvalue weighted by Gasteiger charge is 2.10. The first-order chi connectivity index (χ1) is 7.11. The van der Waals surface area contributed by atoms with Gasteiger partial charge >= 0.3 is 0 Å². The van der Waals surface area contributed by atoms with Crippen molar-refractivity contribution in [3.05, 3.63) is 39.8 Å². The lowest BCUT2D eigenvalue weighted by Gasteiger charge is -2.13. The van der Waals surface area contributed by atoms with Crippen LogP contribution < -0.4 is 5.56 Å². The van der Waals surface area contributed by atoms with Gasteiger partial charge in [0.2, 0.25) is 0 Å². The van der Waals surface area contributed by atoms with E-state index in [1.165, 1.54) is 0 Å². The van der Waals surface area contributed by atoms with Crippen molar-refractivity contribution in [3.8, 4) is 0 Å². The molecule has 0 unspecified atom stereocenters. The molecule has 78 valence electrons. The summed E-state index contributed by atoms with van der Waals surface area (Å²) in [7, 11) is 0. The number of benzene rings is 1. The Bertz CT molecular complexity index is 560. The molecule has 2 aromatic rings. The van der Waals surface area contributed by atoms with Crippen LogP contribution in [0.4, 0.5) is 0 Å². The topological polar surface area (TPSA) is 34.9 Å². The van der Waals surface area contributed by atoms with E-state index in [0.29, 0.717) is 0 Å². The van der Waals surface area contributed by atoms with E-state index >= 15 is 0 Å². The second kappa shape index (κ2) is 3.66. The van der Waals surface area contributed by atoms with Gasteiger partial charge in [0.15, 0.2) is 5.15 Å². The van der Waals surface area contributed by atoms with Gasteiger partial charge in [0.1, 0.15) is 0 Å². The van der Waals surface area contributed by atoms with Crippen LogP contribution in [0.25, 0.3) is 11.0 Å². The molecule has 4 heteroatoms. The maximum atomic E-state index is 11.8. The molecular weight excluding hydrogens is 212 g/mol. The monoisotopic (exact) mass is 222 g/mol. The molecule has 0 fully saturated rings. The Hall–Kier alpha value is -1.35. The largest absolute Gasteiger partial charge is 0.302 e. The summed E-state index contributed by atoms with van der Waals surface area (Å²) in [6, 6.07) is 7.55. The van der Waals surface area contributed by atoms with Crippen LogP contribution in [0.3, 0.4) is 0 Å². The quantitative estimate of drug-likeness (QED) is 0.744. The molecule has 0 saturated heterocycles. The van der Waals surface area contributed by atoms with Gasteiger partial charge in [-0.2, -0.15) is 0 Å². The predicted molar refractivity (Wildman–Crippen MR) is 61.4 cm³/mol. The Morgan fingerprint density at radius 1 is 1.33 bits per heavy atom. The van der Waals surface area contributed by atoms with Crippen LogP contribution in [-0.4, -0.2) is 9.55 Å². The summed E-state index contributed by atoms with van der Waals surface area (Å²) < 4.78 is 1.66. The van der Waals surface area contributed by atoms with Crippen molar-refractivity contribution in [1.82, 2.24) is 9.55 Å². The highest BCUT2D eigenvalue weighted by Crippen LogP contribution is 2.15. The Morgan fingerprint density at radius 2 is 2.00 bits per heavy atom. The minimum absolute atomic E-state index is 0.0300. The number of hydrogen-bond donors (Lipinski definition) is 0. The van der Waals surface area contributed by atoms with E-state index in [4.69, 9.17) is 11.6 Å². The minimum atomic E-state index is -0.231. The van der Waals surface area contributed by atoms with E-state index in [2.05, 4.69) is 4.98 Å². The Balaban J connectivity index is 2.96. The van der Waals surface area contributed by atoms with E-state index in [9.17, 15) is 4.79 Å². The third-order valence-electron chi connectivity index (χ3n) is 2.27.